The Kier molecular flexibility index (Phi) is 6.62. The van der Waals surface area contributed by atoms with Crippen molar-refractivity contribution in [3.05, 3.63) is 77.4 Å². The van der Waals surface area contributed by atoms with E-state index in [0.29, 0.717) is 29.6 Å². The molecule has 1 atom stereocenters. The van der Waals surface area contributed by atoms with Gasteiger partial charge < -0.3 is 9.42 Å². The van der Waals surface area contributed by atoms with Crippen LogP contribution in [0.2, 0.25) is 0 Å². The van der Waals surface area contributed by atoms with Crippen molar-refractivity contribution in [3.63, 3.8) is 0 Å². The summed E-state index contributed by atoms with van der Waals surface area (Å²) in [7, 11) is 4.23. The van der Waals surface area contributed by atoms with Crippen molar-refractivity contribution in [2.45, 2.75) is 38.6 Å². The maximum Gasteiger partial charge on any atom is 0.250 e. The van der Waals surface area contributed by atoms with Gasteiger partial charge in [0, 0.05) is 11.6 Å². The Morgan fingerprint density at radius 2 is 1.81 bits per heavy atom. The Labute approximate surface area is 183 Å². The fraction of sp³-hybridized carbons (Fsp3) is 0.385. The highest BCUT2D eigenvalue weighted by Gasteiger charge is 2.29. The summed E-state index contributed by atoms with van der Waals surface area (Å²) < 4.78 is 18.8. The van der Waals surface area contributed by atoms with E-state index in [0.717, 1.165) is 31.2 Å². The van der Waals surface area contributed by atoms with E-state index in [2.05, 4.69) is 54.3 Å². The highest BCUT2D eigenvalue weighted by atomic mass is 19.1. The van der Waals surface area contributed by atoms with E-state index >= 15 is 0 Å². The number of aryl methyl sites for hydroxylation is 1. The smallest absolute Gasteiger partial charge is 0.250 e. The zero-order valence-corrected chi connectivity index (χ0v) is 18.5. The molecule has 1 aromatic heterocycles. The number of benzene rings is 2. The molecule has 3 aromatic rings. The Morgan fingerprint density at radius 1 is 1.06 bits per heavy atom. The second kappa shape index (κ2) is 9.56. The summed E-state index contributed by atoms with van der Waals surface area (Å²) in [6.45, 7) is 2.05. The van der Waals surface area contributed by atoms with Crippen LogP contribution in [0.25, 0.3) is 17.5 Å². The maximum absolute atomic E-state index is 13.3. The first-order valence-electron chi connectivity index (χ1n) is 11.0. The SMILES string of the molecule is Cc1cccc(-c2noc(C=CC3CCC(C(c4ccc(F)cc4)N(C)C)CC3)n2)c1. The summed E-state index contributed by atoms with van der Waals surface area (Å²) in [5.41, 5.74) is 3.34. The van der Waals surface area contributed by atoms with Gasteiger partial charge in [0.25, 0.3) is 5.89 Å². The zero-order valence-electron chi connectivity index (χ0n) is 18.5. The first-order valence-corrected chi connectivity index (χ1v) is 11.0. The molecule has 1 aliphatic rings. The van der Waals surface area contributed by atoms with Crippen molar-refractivity contribution in [1.29, 1.82) is 0 Å². The number of hydrogen-bond acceptors (Lipinski definition) is 4. The molecule has 1 saturated carbocycles. The second-order valence-corrected chi connectivity index (χ2v) is 8.82. The van der Waals surface area contributed by atoms with Gasteiger partial charge in [-0.15, -0.1) is 0 Å². The maximum atomic E-state index is 13.3. The van der Waals surface area contributed by atoms with Gasteiger partial charge in [-0.3, -0.25) is 0 Å². The van der Waals surface area contributed by atoms with Gasteiger partial charge in [-0.1, -0.05) is 47.1 Å². The van der Waals surface area contributed by atoms with Crippen LogP contribution in [0.4, 0.5) is 4.39 Å². The Morgan fingerprint density at radius 3 is 2.48 bits per heavy atom. The number of allylic oxidation sites excluding steroid dienone is 1. The number of halogens is 1. The van der Waals surface area contributed by atoms with E-state index in [1.54, 1.807) is 12.1 Å². The average molecular weight is 420 g/mol. The van der Waals surface area contributed by atoms with Crippen LogP contribution in [-0.4, -0.2) is 29.1 Å². The molecule has 5 heteroatoms. The van der Waals surface area contributed by atoms with Crippen LogP contribution < -0.4 is 0 Å². The topological polar surface area (TPSA) is 42.2 Å². The van der Waals surface area contributed by atoms with Crippen LogP contribution in [0.5, 0.6) is 0 Å². The number of nitrogens with zero attached hydrogens (tertiary/aromatic N) is 3. The fourth-order valence-corrected chi connectivity index (χ4v) is 4.73. The lowest BCUT2D eigenvalue weighted by Gasteiger charge is -2.37. The van der Waals surface area contributed by atoms with E-state index in [4.69, 9.17) is 4.52 Å². The van der Waals surface area contributed by atoms with E-state index in [1.165, 1.54) is 11.1 Å². The molecule has 0 aliphatic heterocycles. The van der Waals surface area contributed by atoms with Crippen molar-refractivity contribution >= 4 is 6.08 Å². The summed E-state index contributed by atoms with van der Waals surface area (Å²) in [6, 6.07) is 15.4. The van der Waals surface area contributed by atoms with Crippen LogP contribution in [0.1, 0.15) is 48.7 Å². The molecule has 0 saturated heterocycles. The van der Waals surface area contributed by atoms with Crippen molar-refractivity contribution in [2.24, 2.45) is 11.8 Å². The lowest BCUT2D eigenvalue weighted by Crippen LogP contribution is -2.30. The monoisotopic (exact) mass is 419 g/mol. The fourth-order valence-electron chi connectivity index (χ4n) is 4.73. The third-order valence-corrected chi connectivity index (χ3v) is 6.26. The van der Waals surface area contributed by atoms with Gasteiger partial charge in [-0.05, 0) is 88.4 Å². The molecule has 1 aliphatic carbocycles. The van der Waals surface area contributed by atoms with Crippen LogP contribution in [-0.2, 0) is 0 Å². The number of aromatic nitrogens is 2. The van der Waals surface area contributed by atoms with Gasteiger partial charge in [0.2, 0.25) is 5.82 Å². The lowest BCUT2D eigenvalue weighted by atomic mass is 9.76. The third kappa shape index (κ3) is 5.28. The standard InChI is InChI=1S/C26H30FN3O/c1-18-5-4-6-22(17-18)26-28-24(31-29-26)16-9-19-7-10-20(11-8-19)25(30(2)3)21-12-14-23(27)15-13-21/h4-6,9,12-17,19-20,25H,7-8,10-11H2,1-3H3. The van der Waals surface area contributed by atoms with Crippen molar-refractivity contribution in [3.8, 4) is 11.4 Å². The van der Waals surface area contributed by atoms with Crippen molar-refractivity contribution in [1.82, 2.24) is 15.0 Å². The second-order valence-electron chi connectivity index (χ2n) is 8.82. The first-order chi connectivity index (χ1) is 15.0. The van der Waals surface area contributed by atoms with Crippen molar-refractivity contribution in [2.75, 3.05) is 14.1 Å². The van der Waals surface area contributed by atoms with E-state index in [-0.39, 0.29) is 5.82 Å². The molecule has 0 radical (unpaired) electrons. The van der Waals surface area contributed by atoms with Gasteiger partial charge >= 0.3 is 0 Å². The molecule has 1 unspecified atom stereocenters. The third-order valence-electron chi connectivity index (χ3n) is 6.26. The van der Waals surface area contributed by atoms with Crippen LogP contribution in [0.3, 0.4) is 0 Å². The summed E-state index contributed by atoms with van der Waals surface area (Å²) in [5, 5.41) is 4.12. The molecular formula is C26H30FN3O. The predicted molar refractivity (Wildman–Crippen MR) is 122 cm³/mol. The molecule has 0 N–H and O–H groups in total. The minimum Gasteiger partial charge on any atom is -0.334 e. The zero-order chi connectivity index (χ0) is 21.8. The Hall–Kier alpha value is -2.79. The molecule has 162 valence electrons. The summed E-state index contributed by atoms with van der Waals surface area (Å²) >= 11 is 0. The Balaban J connectivity index is 1.36. The van der Waals surface area contributed by atoms with E-state index in [9.17, 15) is 4.39 Å². The summed E-state index contributed by atoms with van der Waals surface area (Å²) in [4.78, 5) is 6.78. The van der Waals surface area contributed by atoms with Gasteiger partial charge in [-0.25, -0.2) is 4.39 Å². The highest BCUT2D eigenvalue weighted by Crippen LogP contribution is 2.39. The minimum atomic E-state index is -0.179. The molecule has 0 spiro atoms. The summed E-state index contributed by atoms with van der Waals surface area (Å²) in [6.07, 6.45) is 8.73. The highest BCUT2D eigenvalue weighted by molar-refractivity contribution is 5.56. The van der Waals surface area contributed by atoms with E-state index < -0.39 is 0 Å². The molecule has 0 bridgehead atoms. The minimum absolute atomic E-state index is 0.179. The largest absolute Gasteiger partial charge is 0.334 e. The quantitative estimate of drug-likeness (QED) is 0.470. The predicted octanol–water partition coefficient (Wildman–Crippen LogP) is 6.31. The molecule has 4 nitrogen and oxygen atoms in total. The molecule has 0 amide bonds. The number of rotatable bonds is 6. The normalized spacial score (nSPS) is 20.4. The van der Waals surface area contributed by atoms with Crippen LogP contribution in [0, 0.1) is 24.6 Å². The van der Waals surface area contributed by atoms with Gasteiger partial charge in [0.05, 0.1) is 0 Å². The molecule has 1 heterocycles. The number of hydrogen-bond donors (Lipinski definition) is 0. The first kappa shape index (κ1) is 21.4. The molecule has 4 rings (SSSR count). The van der Waals surface area contributed by atoms with Gasteiger partial charge in [0.1, 0.15) is 5.82 Å². The van der Waals surface area contributed by atoms with E-state index in [1.807, 2.05) is 30.3 Å². The lowest BCUT2D eigenvalue weighted by molar-refractivity contribution is 0.159. The molecule has 31 heavy (non-hydrogen) atoms. The molecule has 2 aromatic carbocycles. The molecular weight excluding hydrogens is 389 g/mol. The van der Waals surface area contributed by atoms with Crippen LogP contribution >= 0.6 is 0 Å². The average Bonchev–Trinajstić information content (AvgIpc) is 3.24. The van der Waals surface area contributed by atoms with Gasteiger partial charge in [-0.2, -0.15) is 4.98 Å². The van der Waals surface area contributed by atoms with Crippen LogP contribution in [0.15, 0.2) is 59.1 Å². The summed E-state index contributed by atoms with van der Waals surface area (Å²) in [5.74, 6) is 2.08. The molecule has 1 fully saturated rings. The van der Waals surface area contributed by atoms with Gasteiger partial charge in [0.15, 0.2) is 0 Å². The Bertz CT molecular complexity index is 1020. The van der Waals surface area contributed by atoms with Crippen molar-refractivity contribution < 1.29 is 8.91 Å².